The number of rotatable bonds is 7. The standard InChI is InChI=1S/C16H20O4/c1-13(2)12-15(17)19-10-6-7-11-20-16(18)14-8-4-3-5-9-14/h3-5,8-9,12H,6-7,10-11H2,1-2H3. The minimum Gasteiger partial charge on any atom is -0.463 e. The zero-order valence-electron chi connectivity index (χ0n) is 11.9. The molecule has 0 spiro atoms. The summed E-state index contributed by atoms with van der Waals surface area (Å²) in [6.07, 6.45) is 2.79. The molecule has 0 aromatic heterocycles. The van der Waals surface area contributed by atoms with Crippen LogP contribution in [0.4, 0.5) is 0 Å². The van der Waals surface area contributed by atoms with Gasteiger partial charge in [0.25, 0.3) is 0 Å². The second kappa shape index (κ2) is 8.91. The second-order valence-corrected chi connectivity index (χ2v) is 4.60. The molecule has 0 aliphatic carbocycles. The molecule has 108 valence electrons. The minimum atomic E-state index is -0.328. The van der Waals surface area contributed by atoms with E-state index in [4.69, 9.17) is 9.47 Å². The van der Waals surface area contributed by atoms with Crippen LogP contribution in [0.3, 0.4) is 0 Å². The number of allylic oxidation sites excluding steroid dienone is 1. The normalized spacial score (nSPS) is 9.70. The summed E-state index contributed by atoms with van der Waals surface area (Å²) in [5.74, 6) is -0.654. The van der Waals surface area contributed by atoms with Gasteiger partial charge in [0, 0.05) is 6.08 Å². The van der Waals surface area contributed by atoms with Crippen LogP contribution in [-0.2, 0) is 14.3 Å². The molecule has 4 nitrogen and oxygen atoms in total. The summed E-state index contributed by atoms with van der Waals surface area (Å²) in [4.78, 5) is 22.8. The lowest BCUT2D eigenvalue weighted by Crippen LogP contribution is -2.08. The first-order valence-electron chi connectivity index (χ1n) is 6.63. The highest BCUT2D eigenvalue weighted by atomic mass is 16.5. The zero-order valence-corrected chi connectivity index (χ0v) is 11.9. The van der Waals surface area contributed by atoms with E-state index in [2.05, 4.69) is 0 Å². The molecule has 0 unspecified atom stereocenters. The Morgan fingerprint density at radius 1 is 1.00 bits per heavy atom. The van der Waals surface area contributed by atoms with Gasteiger partial charge < -0.3 is 9.47 Å². The first kappa shape index (κ1) is 16.0. The van der Waals surface area contributed by atoms with E-state index in [1.807, 2.05) is 19.9 Å². The van der Waals surface area contributed by atoms with Gasteiger partial charge >= 0.3 is 11.9 Å². The molecule has 20 heavy (non-hydrogen) atoms. The predicted molar refractivity (Wildman–Crippen MR) is 76.3 cm³/mol. The Hall–Kier alpha value is -2.10. The first-order valence-corrected chi connectivity index (χ1v) is 6.63. The Morgan fingerprint density at radius 3 is 2.20 bits per heavy atom. The third-order valence-electron chi connectivity index (χ3n) is 2.43. The molecule has 0 fully saturated rings. The van der Waals surface area contributed by atoms with Gasteiger partial charge in [-0.25, -0.2) is 9.59 Å². The van der Waals surface area contributed by atoms with Crippen LogP contribution in [0.1, 0.15) is 37.0 Å². The third-order valence-corrected chi connectivity index (χ3v) is 2.43. The molecule has 0 atom stereocenters. The summed E-state index contributed by atoms with van der Waals surface area (Å²) in [5, 5.41) is 0. The number of unbranched alkanes of at least 4 members (excludes halogenated alkanes) is 1. The third kappa shape index (κ3) is 6.73. The van der Waals surface area contributed by atoms with Crippen molar-refractivity contribution in [2.45, 2.75) is 26.7 Å². The first-order chi connectivity index (χ1) is 9.59. The highest BCUT2D eigenvalue weighted by molar-refractivity contribution is 5.89. The minimum absolute atomic E-state index is 0.327. The van der Waals surface area contributed by atoms with E-state index in [0.717, 1.165) is 5.57 Å². The van der Waals surface area contributed by atoms with Crippen molar-refractivity contribution in [3.63, 3.8) is 0 Å². The maximum atomic E-state index is 11.6. The summed E-state index contributed by atoms with van der Waals surface area (Å²) < 4.78 is 10.1. The number of ether oxygens (including phenoxy) is 2. The average Bonchev–Trinajstić information content (AvgIpc) is 2.42. The molecule has 0 saturated heterocycles. The van der Waals surface area contributed by atoms with E-state index in [9.17, 15) is 9.59 Å². The van der Waals surface area contributed by atoms with Crippen molar-refractivity contribution < 1.29 is 19.1 Å². The quantitative estimate of drug-likeness (QED) is 0.436. The van der Waals surface area contributed by atoms with Gasteiger partial charge in [-0.1, -0.05) is 23.8 Å². The van der Waals surface area contributed by atoms with Crippen molar-refractivity contribution in [2.24, 2.45) is 0 Å². The Balaban J connectivity index is 2.10. The fourth-order valence-electron chi connectivity index (χ4n) is 1.48. The Kier molecular flexibility index (Phi) is 7.11. The van der Waals surface area contributed by atoms with Crippen molar-refractivity contribution in [2.75, 3.05) is 13.2 Å². The Bertz CT molecular complexity index is 459. The van der Waals surface area contributed by atoms with E-state index < -0.39 is 0 Å². The molecular weight excluding hydrogens is 256 g/mol. The van der Waals surface area contributed by atoms with Crippen LogP contribution in [0.25, 0.3) is 0 Å². The Morgan fingerprint density at radius 2 is 1.60 bits per heavy atom. The van der Waals surface area contributed by atoms with Crippen LogP contribution in [-0.4, -0.2) is 25.2 Å². The summed E-state index contributed by atoms with van der Waals surface area (Å²) >= 11 is 0. The van der Waals surface area contributed by atoms with Crippen molar-refractivity contribution in [3.8, 4) is 0 Å². The number of carbonyl (C=O) groups is 2. The maximum Gasteiger partial charge on any atom is 0.338 e. The van der Waals surface area contributed by atoms with Gasteiger partial charge in [-0.05, 0) is 38.8 Å². The van der Waals surface area contributed by atoms with Gasteiger partial charge in [0.05, 0.1) is 18.8 Å². The lowest BCUT2D eigenvalue weighted by molar-refractivity contribution is -0.138. The van der Waals surface area contributed by atoms with Gasteiger partial charge in [-0.2, -0.15) is 0 Å². The lowest BCUT2D eigenvalue weighted by atomic mass is 10.2. The number of hydrogen-bond donors (Lipinski definition) is 0. The number of hydrogen-bond acceptors (Lipinski definition) is 4. The largest absolute Gasteiger partial charge is 0.463 e. The van der Waals surface area contributed by atoms with Crippen LogP contribution in [0.15, 0.2) is 42.0 Å². The molecule has 1 aromatic rings. The van der Waals surface area contributed by atoms with Gasteiger partial charge in [0.15, 0.2) is 0 Å². The van der Waals surface area contributed by atoms with E-state index in [0.29, 0.717) is 31.6 Å². The predicted octanol–water partition coefficient (Wildman–Crippen LogP) is 3.13. The molecule has 0 heterocycles. The SMILES string of the molecule is CC(C)=CC(=O)OCCCCOC(=O)c1ccccc1. The fraction of sp³-hybridized carbons (Fsp3) is 0.375. The molecule has 0 saturated carbocycles. The topological polar surface area (TPSA) is 52.6 Å². The van der Waals surface area contributed by atoms with Crippen LogP contribution in [0.5, 0.6) is 0 Å². The lowest BCUT2D eigenvalue weighted by Gasteiger charge is -2.05. The Labute approximate surface area is 119 Å². The van der Waals surface area contributed by atoms with E-state index in [1.165, 1.54) is 6.08 Å². The number of esters is 2. The van der Waals surface area contributed by atoms with Crippen molar-refractivity contribution in [1.29, 1.82) is 0 Å². The molecular formula is C16H20O4. The molecule has 0 radical (unpaired) electrons. The maximum absolute atomic E-state index is 11.6. The summed E-state index contributed by atoms with van der Waals surface area (Å²) in [6, 6.07) is 8.85. The van der Waals surface area contributed by atoms with Gasteiger partial charge in [-0.3, -0.25) is 0 Å². The molecule has 1 aromatic carbocycles. The highest BCUT2D eigenvalue weighted by Gasteiger charge is 2.05. The summed E-state index contributed by atoms with van der Waals surface area (Å²) in [7, 11) is 0. The summed E-state index contributed by atoms with van der Waals surface area (Å²) in [6.45, 7) is 4.34. The molecule has 1 rings (SSSR count). The summed E-state index contributed by atoms with van der Waals surface area (Å²) in [5.41, 5.74) is 1.45. The zero-order chi connectivity index (χ0) is 14.8. The smallest absolute Gasteiger partial charge is 0.338 e. The van der Waals surface area contributed by atoms with E-state index in [1.54, 1.807) is 24.3 Å². The molecule has 4 heteroatoms. The second-order valence-electron chi connectivity index (χ2n) is 4.60. The molecule has 0 aliphatic rings. The van der Waals surface area contributed by atoms with Gasteiger partial charge in [-0.15, -0.1) is 0 Å². The van der Waals surface area contributed by atoms with Crippen LogP contribution >= 0.6 is 0 Å². The number of benzene rings is 1. The van der Waals surface area contributed by atoms with E-state index in [-0.39, 0.29) is 11.9 Å². The van der Waals surface area contributed by atoms with E-state index >= 15 is 0 Å². The molecule has 0 N–H and O–H groups in total. The van der Waals surface area contributed by atoms with Gasteiger partial charge in [0.2, 0.25) is 0 Å². The molecule has 0 bridgehead atoms. The monoisotopic (exact) mass is 276 g/mol. The van der Waals surface area contributed by atoms with Gasteiger partial charge in [0.1, 0.15) is 0 Å². The highest BCUT2D eigenvalue weighted by Crippen LogP contribution is 2.02. The van der Waals surface area contributed by atoms with Crippen molar-refractivity contribution in [3.05, 3.63) is 47.5 Å². The van der Waals surface area contributed by atoms with Crippen LogP contribution in [0.2, 0.25) is 0 Å². The van der Waals surface area contributed by atoms with Crippen molar-refractivity contribution >= 4 is 11.9 Å². The average molecular weight is 276 g/mol. The molecule has 0 aliphatic heterocycles. The van der Waals surface area contributed by atoms with Crippen LogP contribution in [0, 0.1) is 0 Å². The van der Waals surface area contributed by atoms with Crippen molar-refractivity contribution in [1.82, 2.24) is 0 Å². The fourth-order valence-corrected chi connectivity index (χ4v) is 1.48. The molecule has 0 amide bonds. The number of carbonyl (C=O) groups excluding carboxylic acids is 2. The van der Waals surface area contributed by atoms with Crippen LogP contribution < -0.4 is 0 Å².